The quantitative estimate of drug-likeness (QED) is 0.162. The number of para-hydroxylation sites is 4. The normalized spacial score (nSPS) is 12.3. The molecule has 15 aromatic rings. The molecule has 0 spiro atoms. The van der Waals surface area contributed by atoms with Gasteiger partial charge in [0.2, 0.25) is 0 Å². The first kappa shape index (κ1) is 35.9. The Labute approximate surface area is 381 Å². The van der Waals surface area contributed by atoms with Crippen molar-refractivity contribution >= 4 is 113 Å². The molecule has 0 atom stereocenters. The van der Waals surface area contributed by atoms with Gasteiger partial charge in [0.25, 0.3) is 5.56 Å². The van der Waals surface area contributed by atoms with Gasteiger partial charge >= 0.3 is 0 Å². The van der Waals surface area contributed by atoms with E-state index in [1.807, 2.05) is 33.9 Å². The van der Waals surface area contributed by atoms with E-state index in [1.54, 1.807) is 0 Å². The van der Waals surface area contributed by atoms with Gasteiger partial charge in [-0.15, -0.1) is 11.3 Å². The number of rotatable bonds is 4. The van der Waals surface area contributed by atoms with Crippen molar-refractivity contribution in [2.75, 3.05) is 0 Å². The van der Waals surface area contributed by atoms with Crippen molar-refractivity contribution in [2.24, 2.45) is 0 Å². The van der Waals surface area contributed by atoms with Gasteiger partial charge < -0.3 is 9.13 Å². The monoisotopic (exact) mass is 857 g/mol. The Hall–Kier alpha value is -8.51. The van der Waals surface area contributed by atoms with E-state index in [0.717, 1.165) is 65.9 Å². The molecular formula is C61H35N3OS. The van der Waals surface area contributed by atoms with Gasteiger partial charge in [-0.1, -0.05) is 133 Å². The summed E-state index contributed by atoms with van der Waals surface area (Å²) >= 11 is 1.85. The molecule has 0 fully saturated rings. The third kappa shape index (κ3) is 4.79. The Morgan fingerprint density at radius 1 is 0.333 bits per heavy atom. The van der Waals surface area contributed by atoms with Gasteiger partial charge in [0.15, 0.2) is 0 Å². The molecule has 0 aliphatic rings. The summed E-state index contributed by atoms with van der Waals surface area (Å²) in [7, 11) is 0. The Bertz CT molecular complexity index is 4610. The molecule has 0 aliphatic heterocycles. The molecule has 306 valence electrons. The van der Waals surface area contributed by atoms with Crippen molar-refractivity contribution < 1.29 is 0 Å². The molecule has 4 nitrogen and oxygen atoms in total. The fourth-order valence-corrected chi connectivity index (χ4v) is 12.6. The Balaban J connectivity index is 0.975. The second-order valence-electron chi connectivity index (χ2n) is 17.6. The minimum absolute atomic E-state index is 0.0242. The second-order valence-corrected chi connectivity index (χ2v) is 18.6. The first-order chi connectivity index (χ1) is 32.7. The number of fused-ring (bicyclic) bond motifs is 14. The van der Waals surface area contributed by atoms with Gasteiger partial charge in [-0.2, -0.15) is 0 Å². The highest BCUT2D eigenvalue weighted by molar-refractivity contribution is 7.26. The zero-order valence-electron chi connectivity index (χ0n) is 35.4. The zero-order valence-corrected chi connectivity index (χ0v) is 36.2. The van der Waals surface area contributed by atoms with Crippen LogP contribution in [0.25, 0.3) is 135 Å². The van der Waals surface area contributed by atoms with Crippen LogP contribution in [0, 0.1) is 0 Å². The van der Waals surface area contributed by atoms with Gasteiger partial charge in [-0.05, 0) is 101 Å². The average Bonchev–Trinajstić information content (AvgIpc) is 4.12. The minimum Gasteiger partial charge on any atom is -0.309 e. The van der Waals surface area contributed by atoms with Crippen LogP contribution in [-0.2, 0) is 0 Å². The van der Waals surface area contributed by atoms with Crippen LogP contribution in [0.3, 0.4) is 0 Å². The zero-order chi connectivity index (χ0) is 43.2. The van der Waals surface area contributed by atoms with Crippen molar-refractivity contribution in [2.45, 2.75) is 0 Å². The highest BCUT2D eigenvalue weighted by Gasteiger charge is 2.22. The average molecular weight is 858 g/mol. The van der Waals surface area contributed by atoms with Crippen LogP contribution in [0.4, 0.5) is 0 Å². The summed E-state index contributed by atoms with van der Waals surface area (Å²) < 4.78 is 9.30. The lowest BCUT2D eigenvalue weighted by Gasteiger charge is -2.13. The lowest BCUT2D eigenvalue weighted by atomic mass is 9.97. The summed E-state index contributed by atoms with van der Waals surface area (Å²) in [5, 5.41) is 12.4. The molecule has 0 unspecified atom stereocenters. The van der Waals surface area contributed by atoms with Crippen molar-refractivity contribution in [1.82, 2.24) is 13.5 Å². The Morgan fingerprint density at radius 2 is 0.894 bits per heavy atom. The van der Waals surface area contributed by atoms with Gasteiger partial charge in [-0.25, -0.2) is 0 Å². The predicted molar refractivity (Wildman–Crippen MR) is 280 cm³/mol. The van der Waals surface area contributed by atoms with Crippen LogP contribution < -0.4 is 5.56 Å². The van der Waals surface area contributed by atoms with E-state index in [9.17, 15) is 4.79 Å². The van der Waals surface area contributed by atoms with Crippen LogP contribution in [-0.4, -0.2) is 13.5 Å². The van der Waals surface area contributed by atoms with Crippen LogP contribution >= 0.6 is 11.3 Å². The van der Waals surface area contributed by atoms with Crippen LogP contribution in [0.1, 0.15) is 0 Å². The van der Waals surface area contributed by atoms with Crippen molar-refractivity contribution in [1.29, 1.82) is 0 Å². The Kier molecular flexibility index (Phi) is 7.22. The van der Waals surface area contributed by atoms with E-state index < -0.39 is 0 Å². The number of hydrogen-bond acceptors (Lipinski definition) is 2. The number of nitrogens with zero attached hydrogens (tertiary/aromatic N) is 3. The van der Waals surface area contributed by atoms with Gasteiger partial charge in [0, 0.05) is 80.2 Å². The highest BCUT2D eigenvalue weighted by Crippen LogP contribution is 2.46. The van der Waals surface area contributed by atoms with Gasteiger partial charge in [0.1, 0.15) is 0 Å². The molecule has 66 heavy (non-hydrogen) atoms. The molecule has 0 saturated carbocycles. The first-order valence-corrected chi connectivity index (χ1v) is 23.3. The van der Waals surface area contributed by atoms with E-state index in [-0.39, 0.29) is 5.56 Å². The fourth-order valence-electron chi connectivity index (χ4n) is 11.4. The molecule has 0 radical (unpaired) electrons. The predicted octanol–water partition coefficient (Wildman–Crippen LogP) is 16.1. The Morgan fingerprint density at radius 3 is 1.71 bits per heavy atom. The molecule has 15 rings (SSSR count). The van der Waals surface area contributed by atoms with E-state index in [1.165, 1.54) is 69.4 Å². The summed E-state index contributed by atoms with van der Waals surface area (Å²) in [6.45, 7) is 0. The van der Waals surface area contributed by atoms with Crippen LogP contribution in [0.15, 0.2) is 217 Å². The topological polar surface area (TPSA) is 31.3 Å². The molecule has 5 heteroatoms. The summed E-state index contributed by atoms with van der Waals surface area (Å²) in [5.74, 6) is 0. The number of benzene rings is 10. The number of aromatic nitrogens is 3. The summed E-state index contributed by atoms with van der Waals surface area (Å²) in [5.41, 5.74) is 13.6. The lowest BCUT2D eigenvalue weighted by Crippen LogP contribution is -2.12. The summed E-state index contributed by atoms with van der Waals surface area (Å²) in [4.78, 5) is 14.2. The van der Waals surface area contributed by atoms with E-state index in [2.05, 4.69) is 203 Å². The third-order valence-electron chi connectivity index (χ3n) is 14.2. The second kappa shape index (κ2) is 13.3. The molecule has 10 aromatic carbocycles. The maximum Gasteiger partial charge on any atom is 0.263 e. The molecule has 0 N–H and O–H groups in total. The SMILES string of the molecule is O=c1c2ccccc2c2cccc3c4cc(-c5cc(-n6c7ccccc7c7cc(-c8cccc9c8c8ccccc8n9-c8ccccc8)ccc76)cc6c5sc5ccccc56)ccc4n1c23. The molecular weight excluding hydrogens is 823 g/mol. The standard InChI is InChI=1S/C61H35N3OS/c65-61-46-19-5-4-16-41(46)44-22-12-23-45-50-33-37(29-31-55(50)64(61)59(44)45)48-34-39(35-51-43-18-8-11-27-57(43)66-60(48)51)63-52-24-9-6-17-42(52)49-32-36(28-30-54(49)63)40-21-13-26-56-58(40)47-20-7-10-25-53(47)62(56)38-14-2-1-3-15-38/h1-35H. The lowest BCUT2D eigenvalue weighted by molar-refractivity contribution is 1.18. The van der Waals surface area contributed by atoms with Crippen molar-refractivity contribution in [3.63, 3.8) is 0 Å². The van der Waals surface area contributed by atoms with E-state index >= 15 is 0 Å². The van der Waals surface area contributed by atoms with E-state index in [0.29, 0.717) is 0 Å². The van der Waals surface area contributed by atoms with E-state index in [4.69, 9.17) is 0 Å². The molecule has 0 amide bonds. The highest BCUT2D eigenvalue weighted by atomic mass is 32.1. The largest absolute Gasteiger partial charge is 0.309 e. The van der Waals surface area contributed by atoms with Crippen LogP contribution in [0.2, 0.25) is 0 Å². The maximum absolute atomic E-state index is 14.2. The van der Waals surface area contributed by atoms with Crippen molar-refractivity contribution in [3.05, 3.63) is 223 Å². The summed E-state index contributed by atoms with van der Waals surface area (Å²) in [6.07, 6.45) is 0. The molecule has 0 saturated heterocycles. The summed E-state index contributed by atoms with van der Waals surface area (Å²) in [6, 6.07) is 76.8. The fraction of sp³-hybridized carbons (Fsp3) is 0. The number of hydrogen-bond donors (Lipinski definition) is 0. The van der Waals surface area contributed by atoms with Gasteiger partial charge in [0.05, 0.1) is 33.1 Å². The van der Waals surface area contributed by atoms with Crippen molar-refractivity contribution in [3.8, 4) is 33.6 Å². The smallest absolute Gasteiger partial charge is 0.263 e. The molecule has 5 heterocycles. The number of pyridine rings is 1. The molecule has 5 aromatic heterocycles. The first-order valence-electron chi connectivity index (χ1n) is 22.5. The number of thiophene rings is 1. The third-order valence-corrected chi connectivity index (χ3v) is 15.4. The molecule has 0 bridgehead atoms. The van der Waals surface area contributed by atoms with Crippen LogP contribution in [0.5, 0.6) is 0 Å². The maximum atomic E-state index is 14.2. The van der Waals surface area contributed by atoms with Gasteiger partial charge in [-0.3, -0.25) is 9.20 Å². The molecule has 0 aliphatic carbocycles. The minimum atomic E-state index is 0.0242.